The molecule has 2 aliphatic heterocycles. The molecule has 0 atom stereocenters. The van der Waals surface area contributed by atoms with Crippen molar-refractivity contribution in [1.29, 1.82) is 0 Å². The Hall–Kier alpha value is -1.33. The molecule has 4 nitrogen and oxygen atoms in total. The van der Waals surface area contributed by atoms with E-state index in [2.05, 4.69) is 34.2 Å². The van der Waals surface area contributed by atoms with Gasteiger partial charge in [0.2, 0.25) is 0 Å². The maximum absolute atomic E-state index is 12.6. The summed E-state index contributed by atoms with van der Waals surface area (Å²) in [6.07, 6.45) is 2.02. The summed E-state index contributed by atoms with van der Waals surface area (Å²) >= 11 is 3.57. The minimum atomic E-state index is -0.653. The molecule has 22 heavy (non-hydrogen) atoms. The van der Waals surface area contributed by atoms with Crippen LogP contribution in [0, 0.1) is 6.92 Å². The van der Waals surface area contributed by atoms with Gasteiger partial charge in [-0.3, -0.25) is 4.79 Å². The molecule has 3 rings (SSSR count). The van der Waals surface area contributed by atoms with E-state index in [1.165, 1.54) is 0 Å². The molecule has 1 saturated heterocycles. The molecule has 0 bridgehead atoms. The van der Waals surface area contributed by atoms with E-state index in [0.717, 1.165) is 27.6 Å². The monoisotopic (exact) mass is 365 g/mol. The van der Waals surface area contributed by atoms with Gasteiger partial charge in [-0.1, -0.05) is 28.9 Å². The van der Waals surface area contributed by atoms with E-state index < -0.39 is 5.54 Å². The highest BCUT2D eigenvalue weighted by Crippen LogP contribution is 2.41. The Morgan fingerprint density at radius 2 is 2.05 bits per heavy atom. The Morgan fingerprint density at radius 3 is 2.68 bits per heavy atom. The zero-order chi connectivity index (χ0) is 15.9. The first kappa shape index (κ1) is 15.6. The van der Waals surface area contributed by atoms with Crippen molar-refractivity contribution in [1.82, 2.24) is 5.32 Å². The second kappa shape index (κ2) is 5.70. The van der Waals surface area contributed by atoms with Crippen molar-refractivity contribution in [3.8, 4) is 0 Å². The average molecular weight is 366 g/mol. The summed E-state index contributed by atoms with van der Waals surface area (Å²) in [5.74, 6) is -0.0290. The normalized spacial score (nSPS) is 20.6. The lowest BCUT2D eigenvalue weighted by Crippen LogP contribution is -2.48. The number of benzene rings is 1. The van der Waals surface area contributed by atoms with Gasteiger partial charge in [-0.05, 0) is 30.5 Å². The van der Waals surface area contributed by atoms with E-state index >= 15 is 0 Å². The summed E-state index contributed by atoms with van der Waals surface area (Å²) in [6.45, 7) is 5.18. The molecular formula is C17H20BrNO3. The molecule has 2 heterocycles. The number of aliphatic hydroxyl groups is 1. The fourth-order valence-electron chi connectivity index (χ4n) is 3.37. The van der Waals surface area contributed by atoms with Crippen LogP contribution in [0.4, 0.5) is 0 Å². The average Bonchev–Trinajstić information content (AvgIpc) is 2.71. The van der Waals surface area contributed by atoms with Gasteiger partial charge in [0.1, 0.15) is 11.3 Å². The zero-order valence-corrected chi connectivity index (χ0v) is 14.4. The third-order valence-electron chi connectivity index (χ3n) is 4.56. The third kappa shape index (κ3) is 2.36. The first-order valence-electron chi connectivity index (χ1n) is 7.62. The van der Waals surface area contributed by atoms with E-state index in [-0.39, 0.29) is 11.7 Å². The predicted molar refractivity (Wildman–Crippen MR) is 88.7 cm³/mol. The van der Waals surface area contributed by atoms with Crippen LogP contribution in [0.15, 0.2) is 22.4 Å². The highest BCUT2D eigenvalue weighted by atomic mass is 79.9. The highest BCUT2D eigenvalue weighted by Gasteiger charge is 2.47. The Labute approximate surface area is 138 Å². The van der Waals surface area contributed by atoms with E-state index in [1.54, 1.807) is 0 Å². The molecule has 118 valence electrons. The van der Waals surface area contributed by atoms with Crippen LogP contribution >= 0.6 is 15.9 Å². The van der Waals surface area contributed by atoms with E-state index in [1.807, 2.05) is 13.0 Å². The number of carbonyl (C=O) groups excluding carboxylic acids is 1. The molecule has 0 saturated carbocycles. The van der Waals surface area contributed by atoms with Crippen LogP contribution < -0.4 is 5.32 Å². The maximum Gasteiger partial charge on any atom is 0.256 e. The molecule has 0 aliphatic carbocycles. The lowest BCUT2D eigenvalue weighted by molar-refractivity contribution is -0.117. The molecular weight excluding hydrogens is 346 g/mol. The fraction of sp³-hybridized carbons (Fsp3) is 0.471. The minimum Gasteiger partial charge on any atom is -0.509 e. The standard InChI is InChI=1S/C17H20BrNO3/c1-3-11-8-10(2)9-12(18)13(11)14-15(20)17(19-16(14)21)4-6-22-7-5-17/h8-9,20H,3-7H2,1-2H3,(H,19,21). The number of hydrogen-bond donors (Lipinski definition) is 2. The molecule has 0 radical (unpaired) electrons. The Morgan fingerprint density at radius 1 is 1.36 bits per heavy atom. The van der Waals surface area contributed by atoms with Gasteiger partial charge in [-0.25, -0.2) is 0 Å². The summed E-state index contributed by atoms with van der Waals surface area (Å²) in [4.78, 5) is 12.6. The van der Waals surface area contributed by atoms with E-state index in [0.29, 0.717) is 31.6 Å². The zero-order valence-electron chi connectivity index (χ0n) is 12.8. The van der Waals surface area contributed by atoms with Crippen LogP contribution in [0.25, 0.3) is 5.57 Å². The summed E-state index contributed by atoms with van der Waals surface area (Å²) < 4.78 is 6.22. The SMILES string of the molecule is CCc1cc(C)cc(Br)c1C1=C(O)C2(CCOCC2)NC1=O. The van der Waals surface area contributed by atoms with Gasteiger partial charge in [-0.2, -0.15) is 0 Å². The molecule has 1 aromatic rings. The summed E-state index contributed by atoms with van der Waals surface area (Å²) in [5.41, 5.74) is 2.76. The van der Waals surface area contributed by atoms with Crippen molar-refractivity contribution < 1.29 is 14.6 Å². The number of nitrogens with one attached hydrogen (secondary N) is 1. The van der Waals surface area contributed by atoms with Crippen molar-refractivity contribution in [2.75, 3.05) is 13.2 Å². The Kier molecular flexibility index (Phi) is 4.03. The molecule has 1 amide bonds. The van der Waals surface area contributed by atoms with Crippen molar-refractivity contribution in [3.63, 3.8) is 0 Å². The first-order chi connectivity index (χ1) is 10.5. The van der Waals surface area contributed by atoms with Crippen LogP contribution in [0.1, 0.15) is 36.5 Å². The maximum atomic E-state index is 12.6. The number of aliphatic hydroxyl groups excluding tert-OH is 1. The van der Waals surface area contributed by atoms with Crippen LogP contribution in [0.2, 0.25) is 0 Å². The largest absolute Gasteiger partial charge is 0.509 e. The molecule has 0 unspecified atom stereocenters. The van der Waals surface area contributed by atoms with Crippen LogP contribution in [0.5, 0.6) is 0 Å². The number of rotatable bonds is 2. The smallest absolute Gasteiger partial charge is 0.256 e. The number of ether oxygens (including phenoxy) is 1. The fourth-order valence-corrected chi connectivity index (χ4v) is 4.19. The highest BCUT2D eigenvalue weighted by molar-refractivity contribution is 9.10. The summed E-state index contributed by atoms with van der Waals surface area (Å²) in [5, 5.41) is 13.8. The Bertz CT molecular complexity index is 660. The van der Waals surface area contributed by atoms with Gasteiger partial charge < -0.3 is 15.2 Å². The predicted octanol–water partition coefficient (Wildman–Crippen LogP) is 3.27. The quantitative estimate of drug-likeness (QED) is 0.845. The van der Waals surface area contributed by atoms with Crippen molar-refractivity contribution in [2.45, 2.75) is 38.6 Å². The first-order valence-corrected chi connectivity index (χ1v) is 8.41. The molecule has 0 aromatic heterocycles. The summed E-state index contributed by atoms with van der Waals surface area (Å²) in [6, 6.07) is 4.06. The molecule has 1 spiro atoms. The van der Waals surface area contributed by atoms with Gasteiger partial charge in [-0.15, -0.1) is 0 Å². The Balaban J connectivity index is 2.17. The molecule has 2 N–H and O–H groups in total. The lowest BCUT2D eigenvalue weighted by atomic mass is 9.87. The van der Waals surface area contributed by atoms with Crippen molar-refractivity contribution >= 4 is 27.4 Å². The van der Waals surface area contributed by atoms with Crippen LogP contribution in [-0.2, 0) is 16.0 Å². The summed E-state index contributed by atoms with van der Waals surface area (Å²) in [7, 11) is 0. The molecule has 1 aromatic carbocycles. The lowest BCUT2D eigenvalue weighted by Gasteiger charge is -2.33. The number of carbonyl (C=O) groups is 1. The number of amides is 1. The van der Waals surface area contributed by atoms with Gasteiger partial charge in [0.15, 0.2) is 0 Å². The molecule has 5 heteroatoms. The number of hydrogen-bond acceptors (Lipinski definition) is 3. The third-order valence-corrected chi connectivity index (χ3v) is 5.19. The van der Waals surface area contributed by atoms with Crippen LogP contribution in [0.3, 0.4) is 0 Å². The van der Waals surface area contributed by atoms with Gasteiger partial charge >= 0.3 is 0 Å². The van der Waals surface area contributed by atoms with Crippen LogP contribution in [-0.4, -0.2) is 29.8 Å². The van der Waals surface area contributed by atoms with Gasteiger partial charge in [0.25, 0.3) is 5.91 Å². The topological polar surface area (TPSA) is 58.6 Å². The minimum absolute atomic E-state index is 0.167. The van der Waals surface area contributed by atoms with Crippen molar-refractivity contribution in [3.05, 3.63) is 39.1 Å². The van der Waals surface area contributed by atoms with Crippen molar-refractivity contribution in [2.24, 2.45) is 0 Å². The van der Waals surface area contributed by atoms with E-state index in [9.17, 15) is 9.90 Å². The molecule has 2 aliphatic rings. The van der Waals surface area contributed by atoms with Gasteiger partial charge in [0.05, 0.1) is 5.57 Å². The second-order valence-electron chi connectivity index (χ2n) is 6.01. The number of aryl methyl sites for hydroxylation is 2. The van der Waals surface area contributed by atoms with E-state index in [4.69, 9.17) is 4.74 Å². The van der Waals surface area contributed by atoms with Gasteiger partial charge in [0, 0.05) is 36.1 Å². The second-order valence-corrected chi connectivity index (χ2v) is 6.86. The number of halogens is 1. The molecule has 1 fully saturated rings.